The van der Waals surface area contributed by atoms with Gasteiger partial charge in [-0.25, -0.2) is 9.18 Å². The molecule has 0 radical (unpaired) electrons. The Bertz CT molecular complexity index is 624. The molecule has 21 heavy (non-hydrogen) atoms. The quantitative estimate of drug-likeness (QED) is 0.906. The van der Waals surface area contributed by atoms with E-state index in [0.29, 0.717) is 17.2 Å². The second-order valence-electron chi connectivity index (χ2n) is 4.16. The fraction of sp³-hybridized carbons (Fsp3) is 0.133. The minimum atomic E-state index is -0.560. The smallest absolute Gasteiger partial charge is 0.323 e. The molecular formula is C15H15FN2O3. The lowest BCUT2D eigenvalue weighted by Crippen LogP contribution is -2.20. The molecule has 2 N–H and O–H groups in total. The highest BCUT2D eigenvalue weighted by atomic mass is 19.1. The molecule has 0 aliphatic carbocycles. The first-order valence-corrected chi connectivity index (χ1v) is 6.18. The third kappa shape index (κ3) is 3.85. The topological polar surface area (TPSA) is 59.6 Å². The molecule has 2 aromatic carbocycles. The zero-order valence-electron chi connectivity index (χ0n) is 11.6. The zero-order valence-corrected chi connectivity index (χ0v) is 11.6. The van der Waals surface area contributed by atoms with Gasteiger partial charge in [0.1, 0.15) is 17.3 Å². The van der Waals surface area contributed by atoms with Gasteiger partial charge in [-0.2, -0.15) is 0 Å². The Balaban J connectivity index is 2.11. The van der Waals surface area contributed by atoms with Crippen LogP contribution < -0.4 is 20.1 Å². The first kappa shape index (κ1) is 14.6. The van der Waals surface area contributed by atoms with E-state index in [0.717, 1.165) is 0 Å². The van der Waals surface area contributed by atoms with Crippen LogP contribution in [0.3, 0.4) is 0 Å². The van der Waals surface area contributed by atoms with E-state index >= 15 is 0 Å². The van der Waals surface area contributed by atoms with Gasteiger partial charge < -0.3 is 20.1 Å². The average Bonchev–Trinajstić information content (AvgIpc) is 2.49. The molecule has 110 valence electrons. The Morgan fingerprint density at radius 2 is 1.62 bits per heavy atom. The Kier molecular flexibility index (Phi) is 4.61. The maximum atomic E-state index is 13.4. The molecule has 0 aliphatic rings. The van der Waals surface area contributed by atoms with Crippen LogP contribution in [-0.4, -0.2) is 20.3 Å². The maximum absolute atomic E-state index is 13.4. The number of ether oxygens (including phenoxy) is 2. The number of hydrogen-bond donors (Lipinski definition) is 2. The molecule has 0 unspecified atom stereocenters. The first-order valence-electron chi connectivity index (χ1n) is 6.18. The molecule has 0 saturated heterocycles. The summed E-state index contributed by atoms with van der Waals surface area (Å²) < 4.78 is 23.7. The highest BCUT2D eigenvalue weighted by Gasteiger charge is 2.08. The number of hydrogen-bond acceptors (Lipinski definition) is 3. The van der Waals surface area contributed by atoms with Gasteiger partial charge in [0.2, 0.25) is 0 Å². The molecule has 5 nitrogen and oxygen atoms in total. The highest BCUT2D eigenvalue weighted by molar-refractivity contribution is 6.00. The Hall–Kier alpha value is -2.76. The summed E-state index contributed by atoms with van der Waals surface area (Å²) in [4.78, 5) is 11.9. The van der Waals surface area contributed by atoms with Crippen molar-refractivity contribution in [2.75, 3.05) is 24.9 Å². The lowest BCUT2D eigenvalue weighted by molar-refractivity contribution is 0.262. The number of anilines is 2. The summed E-state index contributed by atoms with van der Waals surface area (Å²) in [6, 6.07) is 10.3. The number of carbonyl (C=O) groups excluding carboxylic acids is 1. The van der Waals surface area contributed by atoms with Gasteiger partial charge in [0.25, 0.3) is 0 Å². The monoisotopic (exact) mass is 290 g/mol. The largest absolute Gasteiger partial charge is 0.497 e. The minimum absolute atomic E-state index is 0.102. The van der Waals surface area contributed by atoms with Crippen LogP contribution in [0.2, 0.25) is 0 Å². The molecule has 2 amide bonds. The minimum Gasteiger partial charge on any atom is -0.497 e. The second-order valence-corrected chi connectivity index (χ2v) is 4.16. The van der Waals surface area contributed by atoms with Crippen molar-refractivity contribution < 1.29 is 18.7 Å². The number of halogens is 1. The van der Waals surface area contributed by atoms with Gasteiger partial charge in [-0.15, -0.1) is 0 Å². The van der Waals surface area contributed by atoms with Crippen molar-refractivity contribution >= 4 is 17.4 Å². The molecule has 2 rings (SSSR count). The molecule has 0 atom stereocenters. The Morgan fingerprint density at radius 3 is 2.19 bits per heavy atom. The first-order chi connectivity index (χ1) is 10.1. The van der Waals surface area contributed by atoms with Crippen LogP contribution >= 0.6 is 0 Å². The zero-order chi connectivity index (χ0) is 15.2. The Morgan fingerprint density at radius 1 is 1.00 bits per heavy atom. The average molecular weight is 290 g/mol. The SMILES string of the molecule is COc1cc(NC(=O)Nc2ccccc2F)cc(OC)c1. The van der Waals surface area contributed by atoms with E-state index in [1.54, 1.807) is 30.3 Å². The molecular weight excluding hydrogens is 275 g/mol. The van der Waals surface area contributed by atoms with Crippen molar-refractivity contribution in [1.29, 1.82) is 0 Å². The summed E-state index contributed by atoms with van der Waals surface area (Å²) in [6.07, 6.45) is 0. The Labute approximate surface area is 121 Å². The van der Waals surface area contributed by atoms with E-state index in [9.17, 15) is 9.18 Å². The predicted octanol–water partition coefficient (Wildman–Crippen LogP) is 3.49. The van der Waals surface area contributed by atoms with Crippen molar-refractivity contribution in [2.24, 2.45) is 0 Å². The third-order valence-corrected chi connectivity index (χ3v) is 2.73. The summed E-state index contributed by atoms with van der Waals surface area (Å²) in [5.74, 6) is 0.571. The number of para-hydroxylation sites is 1. The van der Waals surface area contributed by atoms with Gasteiger partial charge in [-0.1, -0.05) is 12.1 Å². The summed E-state index contributed by atoms with van der Waals surface area (Å²) in [5.41, 5.74) is 0.574. The van der Waals surface area contributed by atoms with E-state index in [2.05, 4.69) is 10.6 Å². The number of carbonyl (C=O) groups is 1. The summed E-state index contributed by atoms with van der Waals surface area (Å²) in [6.45, 7) is 0. The third-order valence-electron chi connectivity index (χ3n) is 2.73. The van der Waals surface area contributed by atoms with Crippen LogP contribution in [0.4, 0.5) is 20.6 Å². The molecule has 0 spiro atoms. The van der Waals surface area contributed by atoms with Gasteiger partial charge >= 0.3 is 6.03 Å². The number of methoxy groups -OCH3 is 2. The highest BCUT2D eigenvalue weighted by Crippen LogP contribution is 2.26. The van der Waals surface area contributed by atoms with Crippen molar-refractivity contribution in [3.8, 4) is 11.5 Å². The van der Waals surface area contributed by atoms with Crippen molar-refractivity contribution in [3.05, 3.63) is 48.3 Å². The van der Waals surface area contributed by atoms with E-state index in [-0.39, 0.29) is 5.69 Å². The number of nitrogens with one attached hydrogen (secondary N) is 2. The van der Waals surface area contributed by atoms with Gasteiger partial charge in [-0.05, 0) is 12.1 Å². The summed E-state index contributed by atoms with van der Waals surface area (Å²) in [5, 5.41) is 5.02. The lowest BCUT2D eigenvalue weighted by Gasteiger charge is -2.11. The molecule has 0 heterocycles. The molecule has 0 bridgehead atoms. The van der Waals surface area contributed by atoms with E-state index < -0.39 is 11.8 Å². The number of amides is 2. The molecule has 0 aromatic heterocycles. The van der Waals surface area contributed by atoms with Crippen LogP contribution in [-0.2, 0) is 0 Å². The van der Waals surface area contributed by atoms with Crippen LogP contribution in [0.1, 0.15) is 0 Å². The summed E-state index contributed by atoms with van der Waals surface area (Å²) in [7, 11) is 3.02. The van der Waals surface area contributed by atoms with Crippen molar-refractivity contribution in [3.63, 3.8) is 0 Å². The van der Waals surface area contributed by atoms with Crippen LogP contribution in [0.15, 0.2) is 42.5 Å². The summed E-state index contributed by atoms with van der Waals surface area (Å²) >= 11 is 0. The molecule has 6 heteroatoms. The van der Waals surface area contributed by atoms with E-state index in [1.807, 2.05) is 0 Å². The van der Waals surface area contributed by atoms with Gasteiger partial charge in [-0.3, -0.25) is 0 Å². The standard InChI is InChI=1S/C15H15FN2O3/c1-20-11-7-10(8-12(9-11)21-2)17-15(19)18-14-6-4-3-5-13(14)16/h3-9H,1-2H3,(H2,17,18,19). The normalized spacial score (nSPS) is 9.86. The number of benzene rings is 2. The fourth-order valence-corrected chi connectivity index (χ4v) is 1.73. The van der Waals surface area contributed by atoms with E-state index in [1.165, 1.54) is 26.4 Å². The van der Waals surface area contributed by atoms with Gasteiger partial charge in [0.15, 0.2) is 0 Å². The van der Waals surface area contributed by atoms with Gasteiger partial charge in [0, 0.05) is 23.9 Å². The molecule has 0 aliphatic heterocycles. The number of rotatable bonds is 4. The van der Waals surface area contributed by atoms with Crippen LogP contribution in [0, 0.1) is 5.82 Å². The lowest BCUT2D eigenvalue weighted by atomic mass is 10.2. The molecule has 0 saturated carbocycles. The maximum Gasteiger partial charge on any atom is 0.323 e. The van der Waals surface area contributed by atoms with Crippen LogP contribution in [0.25, 0.3) is 0 Å². The number of urea groups is 1. The van der Waals surface area contributed by atoms with Crippen molar-refractivity contribution in [1.82, 2.24) is 0 Å². The van der Waals surface area contributed by atoms with Gasteiger partial charge in [0.05, 0.1) is 19.9 Å². The molecule has 2 aromatic rings. The predicted molar refractivity (Wildman–Crippen MR) is 78.6 cm³/mol. The molecule has 0 fully saturated rings. The second kappa shape index (κ2) is 6.60. The fourth-order valence-electron chi connectivity index (χ4n) is 1.73. The van der Waals surface area contributed by atoms with Crippen LogP contribution in [0.5, 0.6) is 11.5 Å². The van der Waals surface area contributed by atoms with Crippen molar-refractivity contribution in [2.45, 2.75) is 0 Å². The van der Waals surface area contributed by atoms with E-state index in [4.69, 9.17) is 9.47 Å².